The van der Waals surface area contributed by atoms with E-state index in [1.165, 1.54) is 12.1 Å². The lowest BCUT2D eigenvalue weighted by atomic mass is 10.2. The molecular weight excluding hydrogens is 403 g/mol. The number of hydrogen-bond donors (Lipinski definition) is 2. The van der Waals surface area contributed by atoms with E-state index in [9.17, 15) is 14.0 Å². The summed E-state index contributed by atoms with van der Waals surface area (Å²) in [7, 11) is 0. The molecule has 0 bridgehead atoms. The summed E-state index contributed by atoms with van der Waals surface area (Å²) in [5, 5.41) is 7.31. The molecule has 3 aromatic heterocycles. The molecule has 2 aromatic carbocycles. The molecule has 0 aliphatic rings. The van der Waals surface area contributed by atoms with Crippen molar-refractivity contribution in [3.05, 3.63) is 93.5 Å². The van der Waals surface area contributed by atoms with Crippen molar-refractivity contribution in [3.8, 4) is 0 Å². The third-order valence-electron chi connectivity index (χ3n) is 4.51. The molecule has 0 atom stereocenters. The monoisotopic (exact) mass is 416 g/mol. The molecule has 5 rings (SSSR count). The van der Waals surface area contributed by atoms with Crippen molar-refractivity contribution >= 4 is 45.1 Å². The summed E-state index contributed by atoms with van der Waals surface area (Å²) in [5.41, 5.74) is 0.874. The summed E-state index contributed by atoms with van der Waals surface area (Å²) in [6.45, 7) is 0. The van der Waals surface area contributed by atoms with Crippen molar-refractivity contribution in [1.29, 1.82) is 0 Å². The van der Waals surface area contributed by atoms with Gasteiger partial charge in [0.15, 0.2) is 11.6 Å². The molecule has 0 unspecified atom stereocenters. The fourth-order valence-corrected chi connectivity index (χ4v) is 3.06. The van der Waals surface area contributed by atoms with Gasteiger partial charge in [0.05, 0.1) is 6.20 Å². The van der Waals surface area contributed by atoms with Crippen LogP contribution in [0.4, 0.5) is 27.5 Å². The van der Waals surface area contributed by atoms with Gasteiger partial charge in [-0.25, -0.2) is 19.0 Å². The van der Waals surface area contributed by atoms with E-state index in [4.69, 9.17) is 8.83 Å². The highest BCUT2D eigenvalue weighted by atomic mass is 19.1. The number of nitrogens with zero attached hydrogens (tertiary/aromatic N) is 2. The second-order valence-corrected chi connectivity index (χ2v) is 6.65. The predicted octanol–water partition coefficient (Wildman–Crippen LogP) is 4.32. The Bertz CT molecular complexity index is 1560. The van der Waals surface area contributed by atoms with Crippen LogP contribution in [0.15, 0.2) is 85.3 Å². The minimum absolute atomic E-state index is 0.0672. The standard InChI is InChI=1S/C22H13FN4O4/c23-16-11-24-22(26-15-6-2-13-4-8-20(29)31-18(13)10-15)27-21(16)25-14-5-1-12-3-7-19(28)30-17(12)9-14/h1-11H,(H2,24,25,26,27). The highest BCUT2D eigenvalue weighted by Crippen LogP contribution is 2.24. The Labute approximate surface area is 173 Å². The Kier molecular flexibility index (Phi) is 4.40. The Balaban J connectivity index is 1.44. The summed E-state index contributed by atoms with van der Waals surface area (Å²) >= 11 is 0. The molecule has 0 spiro atoms. The van der Waals surface area contributed by atoms with Crippen LogP contribution in [-0.4, -0.2) is 9.97 Å². The number of rotatable bonds is 4. The number of nitrogens with one attached hydrogen (secondary N) is 2. The zero-order chi connectivity index (χ0) is 21.4. The van der Waals surface area contributed by atoms with E-state index in [2.05, 4.69) is 20.6 Å². The lowest BCUT2D eigenvalue weighted by Gasteiger charge is -2.10. The summed E-state index contributed by atoms with van der Waals surface area (Å²) in [6.07, 6.45) is 1.03. The molecule has 0 saturated heterocycles. The van der Waals surface area contributed by atoms with Gasteiger partial charge >= 0.3 is 11.3 Å². The molecule has 8 nitrogen and oxygen atoms in total. The normalized spacial score (nSPS) is 11.0. The summed E-state index contributed by atoms with van der Waals surface area (Å²) in [6, 6.07) is 16.2. The van der Waals surface area contributed by atoms with Gasteiger partial charge in [-0.05, 0) is 36.4 Å². The van der Waals surface area contributed by atoms with Crippen LogP contribution in [0.25, 0.3) is 21.9 Å². The average Bonchev–Trinajstić information content (AvgIpc) is 2.75. The van der Waals surface area contributed by atoms with Crippen LogP contribution in [0, 0.1) is 5.82 Å². The van der Waals surface area contributed by atoms with E-state index in [1.807, 2.05) is 0 Å². The first kappa shape index (κ1) is 18.5. The second-order valence-electron chi connectivity index (χ2n) is 6.65. The number of aromatic nitrogens is 2. The van der Waals surface area contributed by atoms with E-state index < -0.39 is 17.1 Å². The molecule has 5 aromatic rings. The zero-order valence-corrected chi connectivity index (χ0v) is 15.8. The minimum Gasteiger partial charge on any atom is -0.423 e. The summed E-state index contributed by atoms with van der Waals surface area (Å²) in [5.74, 6) is -0.596. The SMILES string of the molecule is O=c1ccc2ccc(Nc3ncc(F)c(Nc4ccc5ccc(=O)oc5c4)n3)cc2o1. The van der Waals surface area contributed by atoms with Gasteiger partial charge in [-0.1, -0.05) is 0 Å². The number of fused-ring (bicyclic) bond motifs is 2. The van der Waals surface area contributed by atoms with Gasteiger partial charge in [0.1, 0.15) is 11.2 Å². The molecule has 9 heteroatoms. The number of hydrogen-bond acceptors (Lipinski definition) is 8. The third kappa shape index (κ3) is 3.84. The van der Waals surface area contributed by atoms with E-state index in [0.717, 1.165) is 17.0 Å². The zero-order valence-electron chi connectivity index (χ0n) is 15.8. The number of benzene rings is 2. The van der Waals surface area contributed by atoms with Crippen LogP contribution in [0.5, 0.6) is 0 Å². The predicted molar refractivity (Wildman–Crippen MR) is 114 cm³/mol. The fraction of sp³-hybridized carbons (Fsp3) is 0. The van der Waals surface area contributed by atoms with Gasteiger partial charge in [-0.15, -0.1) is 0 Å². The van der Waals surface area contributed by atoms with Gasteiger partial charge in [-0.2, -0.15) is 4.98 Å². The Morgan fingerprint density at radius 2 is 1.29 bits per heavy atom. The van der Waals surface area contributed by atoms with Crippen LogP contribution in [-0.2, 0) is 0 Å². The van der Waals surface area contributed by atoms with Crippen LogP contribution in [0.2, 0.25) is 0 Å². The Hall–Kier alpha value is -4.53. The molecule has 0 saturated carbocycles. The highest BCUT2D eigenvalue weighted by molar-refractivity contribution is 5.82. The summed E-state index contributed by atoms with van der Waals surface area (Å²) in [4.78, 5) is 31.0. The minimum atomic E-state index is -0.662. The fourth-order valence-electron chi connectivity index (χ4n) is 3.06. The van der Waals surface area contributed by atoms with Gasteiger partial charge in [0.2, 0.25) is 5.95 Å². The maximum atomic E-state index is 14.3. The van der Waals surface area contributed by atoms with Crippen molar-refractivity contribution in [2.75, 3.05) is 10.6 Å². The molecule has 2 N–H and O–H groups in total. The van der Waals surface area contributed by atoms with E-state index in [0.29, 0.717) is 22.5 Å². The molecule has 0 aliphatic carbocycles. The van der Waals surface area contributed by atoms with Crippen molar-refractivity contribution in [1.82, 2.24) is 9.97 Å². The van der Waals surface area contributed by atoms with E-state index >= 15 is 0 Å². The molecule has 0 fully saturated rings. The molecule has 152 valence electrons. The van der Waals surface area contributed by atoms with E-state index in [-0.39, 0.29) is 11.8 Å². The van der Waals surface area contributed by atoms with Crippen LogP contribution in [0.1, 0.15) is 0 Å². The first-order valence-electron chi connectivity index (χ1n) is 9.18. The quantitative estimate of drug-likeness (QED) is 0.417. The van der Waals surface area contributed by atoms with Crippen LogP contribution < -0.4 is 21.9 Å². The van der Waals surface area contributed by atoms with Gasteiger partial charge < -0.3 is 19.5 Å². The van der Waals surface area contributed by atoms with Crippen LogP contribution >= 0.6 is 0 Å². The molecule has 0 radical (unpaired) electrons. The van der Waals surface area contributed by atoms with Crippen LogP contribution in [0.3, 0.4) is 0 Å². The first-order valence-corrected chi connectivity index (χ1v) is 9.18. The topological polar surface area (TPSA) is 110 Å². The summed E-state index contributed by atoms with van der Waals surface area (Å²) < 4.78 is 24.6. The third-order valence-corrected chi connectivity index (χ3v) is 4.51. The first-order chi connectivity index (χ1) is 15.0. The van der Waals surface area contributed by atoms with Crippen molar-refractivity contribution < 1.29 is 13.2 Å². The average molecular weight is 416 g/mol. The van der Waals surface area contributed by atoms with Crippen molar-refractivity contribution in [2.45, 2.75) is 0 Å². The molecule has 0 aliphatic heterocycles. The number of halogens is 1. The van der Waals surface area contributed by atoms with Gasteiger partial charge in [0, 0.05) is 46.4 Å². The Morgan fingerprint density at radius 3 is 1.90 bits per heavy atom. The number of anilines is 4. The lowest BCUT2D eigenvalue weighted by Crippen LogP contribution is -2.03. The van der Waals surface area contributed by atoms with Gasteiger partial charge in [-0.3, -0.25) is 0 Å². The molecule has 0 amide bonds. The van der Waals surface area contributed by atoms with Gasteiger partial charge in [0.25, 0.3) is 0 Å². The van der Waals surface area contributed by atoms with E-state index in [1.54, 1.807) is 48.5 Å². The molecule has 3 heterocycles. The largest absolute Gasteiger partial charge is 0.423 e. The smallest absolute Gasteiger partial charge is 0.336 e. The second kappa shape index (κ2) is 7.38. The maximum Gasteiger partial charge on any atom is 0.336 e. The molecule has 31 heavy (non-hydrogen) atoms. The van der Waals surface area contributed by atoms with Crippen molar-refractivity contribution in [3.63, 3.8) is 0 Å². The molecular formula is C22H13FN4O4. The maximum absolute atomic E-state index is 14.3. The lowest BCUT2D eigenvalue weighted by molar-refractivity contribution is 0.561. The Morgan fingerprint density at radius 1 is 0.742 bits per heavy atom. The van der Waals surface area contributed by atoms with Crippen molar-refractivity contribution in [2.24, 2.45) is 0 Å². The highest BCUT2D eigenvalue weighted by Gasteiger charge is 2.10.